The molecule has 1 N–H and O–H groups in total. The number of methoxy groups -OCH3 is 1. The van der Waals surface area contributed by atoms with Crippen LogP contribution in [0.4, 0.5) is 19.0 Å². The fourth-order valence-electron chi connectivity index (χ4n) is 4.29. The molecule has 0 bridgehead atoms. The minimum absolute atomic E-state index is 0.196. The van der Waals surface area contributed by atoms with E-state index in [1.54, 1.807) is 25.4 Å². The number of nitrogens with one attached hydrogen (secondary N) is 1. The summed E-state index contributed by atoms with van der Waals surface area (Å²) < 4.78 is 45.8. The first-order chi connectivity index (χ1) is 18.6. The van der Waals surface area contributed by atoms with Gasteiger partial charge in [-0.15, -0.1) is 0 Å². The van der Waals surface area contributed by atoms with Crippen LogP contribution in [0.15, 0.2) is 60.9 Å². The van der Waals surface area contributed by atoms with Gasteiger partial charge in [0, 0.05) is 30.9 Å². The summed E-state index contributed by atoms with van der Waals surface area (Å²) in [6.45, 7) is 4.62. The molecule has 39 heavy (non-hydrogen) atoms. The fraction of sp³-hybridized carbons (Fsp3) is 0.250. The Bertz CT molecular complexity index is 1630. The number of nitrogens with zero attached hydrogens (tertiary/aromatic N) is 6. The molecule has 5 rings (SSSR count). The molecule has 0 spiro atoms. The second-order valence-electron chi connectivity index (χ2n) is 9.34. The molecular weight excluding hydrogens is 507 g/mol. The van der Waals surface area contributed by atoms with Gasteiger partial charge in [-0.05, 0) is 17.0 Å². The van der Waals surface area contributed by atoms with Crippen molar-refractivity contribution in [2.45, 2.75) is 32.5 Å². The van der Waals surface area contributed by atoms with Crippen LogP contribution in [-0.2, 0) is 19.8 Å². The highest BCUT2D eigenvalue weighted by Gasteiger charge is 2.34. The van der Waals surface area contributed by atoms with Gasteiger partial charge in [0.15, 0.2) is 17.3 Å². The maximum atomic E-state index is 13.1. The Balaban J connectivity index is 1.46. The van der Waals surface area contributed by atoms with Crippen LogP contribution in [0.2, 0.25) is 0 Å². The van der Waals surface area contributed by atoms with E-state index in [4.69, 9.17) is 14.7 Å². The lowest BCUT2D eigenvalue weighted by atomic mass is 9.97. The van der Waals surface area contributed by atoms with Crippen LogP contribution >= 0.6 is 0 Å². The number of ether oxygens (including phenoxy) is 1. The molecule has 0 fully saturated rings. The first-order valence-electron chi connectivity index (χ1n) is 12.3. The molecule has 8 nitrogen and oxygen atoms in total. The predicted molar refractivity (Wildman–Crippen MR) is 142 cm³/mol. The molecule has 0 saturated heterocycles. The van der Waals surface area contributed by atoms with Gasteiger partial charge in [-0.25, -0.2) is 19.9 Å². The van der Waals surface area contributed by atoms with Crippen LogP contribution < -0.4 is 10.1 Å². The highest BCUT2D eigenvalue weighted by molar-refractivity contribution is 5.87. The lowest BCUT2D eigenvalue weighted by molar-refractivity contribution is -0.140. The smallest absolute Gasteiger partial charge is 0.434 e. The molecule has 5 aromatic rings. The van der Waals surface area contributed by atoms with Crippen LogP contribution in [-0.4, -0.2) is 36.6 Å². The predicted octanol–water partition coefficient (Wildman–Crippen LogP) is 6.25. The van der Waals surface area contributed by atoms with Crippen molar-refractivity contribution in [2.24, 2.45) is 7.05 Å². The number of hydrogen-bond donors (Lipinski definition) is 1. The largest absolute Gasteiger partial charge is 0.467 e. The number of anilines is 1. The van der Waals surface area contributed by atoms with E-state index in [1.165, 1.54) is 11.7 Å². The van der Waals surface area contributed by atoms with Gasteiger partial charge in [0.1, 0.15) is 16.9 Å². The summed E-state index contributed by atoms with van der Waals surface area (Å²) in [6, 6.07) is 15.3. The zero-order valence-electron chi connectivity index (χ0n) is 21.8. The summed E-state index contributed by atoms with van der Waals surface area (Å²) in [6.07, 6.45) is -1.91. The fourth-order valence-corrected chi connectivity index (χ4v) is 4.29. The molecule has 0 aliphatic rings. The van der Waals surface area contributed by atoms with E-state index >= 15 is 0 Å². The summed E-state index contributed by atoms with van der Waals surface area (Å²) in [4.78, 5) is 22.0. The second-order valence-corrected chi connectivity index (χ2v) is 9.34. The minimum Gasteiger partial charge on any atom is -0.467 e. The Morgan fingerprint density at radius 3 is 2.38 bits per heavy atom. The number of fused-ring (bicyclic) bond motifs is 1. The molecule has 0 unspecified atom stereocenters. The lowest BCUT2D eigenvalue weighted by Gasteiger charge is -2.14. The van der Waals surface area contributed by atoms with Crippen molar-refractivity contribution in [1.29, 1.82) is 0 Å². The summed E-state index contributed by atoms with van der Waals surface area (Å²) in [5, 5.41) is 3.34. The van der Waals surface area contributed by atoms with Crippen molar-refractivity contribution in [3.05, 3.63) is 77.7 Å². The summed E-state index contributed by atoms with van der Waals surface area (Å²) >= 11 is 0. The van der Waals surface area contributed by atoms with E-state index in [-0.39, 0.29) is 17.8 Å². The standard InChI is InChI=1S/C28H26F3N7O/c1-16(2)19-7-5-6-8-20(19)24-34-21-14-33-27(39-4)36-23(21)25(37-24)32-13-17-9-11-18(12-10-17)26-35-22(15-38(26)3)28(29,30)31/h5-12,14-16H,13H2,1-4H3,(H,32,34,37). The van der Waals surface area contributed by atoms with Gasteiger partial charge in [-0.2, -0.15) is 18.2 Å². The third-order valence-electron chi connectivity index (χ3n) is 6.26. The summed E-state index contributed by atoms with van der Waals surface area (Å²) in [5.74, 6) is 1.57. The van der Waals surface area contributed by atoms with Crippen LogP contribution in [0, 0.1) is 0 Å². The quantitative estimate of drug-likeness (QED) is 0.264. The first kappa shape index (κ1) is 26.1. The molecule has 200 valence electrons. The lowest BCUT2D eigenvalue weighted by Crippen LogP contribution is -2.07. The van der Waals surface area contributed by atoms with Gasteiger partial charge in [0.05, 0.1) is 13.3 Å². The average molecular weight is 534 g/mol. The van der Waals surface area contributed by atoms with E-state index in [2.05, 4.69) is 40.2 Å². The number of imidazole rings is 1. The molecule has 0 amide bonds. The summed E-state index contributed by atoms with van der Waals surface area (Å²) in [5.41, 5.74) is 3.66. The molecule has 0 aliphatic carbocycles. The van der Waals surface area contributed by atoms with Gasteiger partial charge >= 0.3 is 12.2 Å². The van der Waals surface area contributed by atoms with Gasteiger partial charge in [0.25, 0.3) is 0 Å². The first-order valence-corrected chi connectivity index (χ1v) is 12.3. The van der Waals surface area contributed by atoms with Crippen LogP contribution in [0.3, 0.4) is 0 Å². The van der Waals surface area contributed by atoms with Crippen LogP contribution in [0.5, 0.6) is 6.01 Å². The number of benzene rings is 2. The molecule has 0 saturated carbocycles. The molecule has 0 aliphatic heterocycles. The number of halogens is 3. The van der Waals surface area contributed by atoms with Crippen LogP contribution in [0.25, 0.3) is 33.8 Å². The molecule has 11 heteroatoms. The van der Waals surface area contributed by atoms with E-state index in [1.807, 2.05) is 30.3 Å². The number of alkyl halides is 3. The molecule has 0 atom stereocenters. The van der Waals surface area contributed by atoms with Gasteiger partial charge in [-0.3, -0.25) is 0 Å². The Morgan fingerprint density at radius 2 is 1.72 bits per heavy atom. The average Bonchev–Trinajstić information content (AvgIpc) is 3.33. The maximum Gasteiger partial charge on any atom is 0.434 e. The zero-order valence-corrected chi connectivity index (χ0v) is 21.8. The zero-order chi connectivity index (χ0) is 27.7. The Morgan fingerprint density at radius 1 is 0.974 bits per heavy atom. The van der Waals surface area contributed by atoms with Crippen LogP contribution in [0.1, 0.15) is 36.6 Å². The number of rotatable bonds is 7. The van der Waals surface area contributed by atoms with E-state index in [9.17, 15) is 13.2 Å². The van der Waals surface area contributed by atoms with Gasteiger partial charge in [0.2, 0.25) is 0 Å². The number of aryl methyl sites for hydroxylation is 1. The van der Waals surface area contributed by atoms with Crippen molar-refractivity contribution in [2.75, 3.05) is 12.4 Å². The highest BCUT2D eigenvalue weighted by Crippen LogP contribution is 2.32. The second kappa shape index (κ2) is 10.3. The highest BCUT2D eigenvalue weighted by atomic mass is 19.4. The van der Waals surface area contributed by atoms with E-state index in [0.29, 0.717) is 34.8 Å². The normalized spacial score (nSPS) is 11.8. The van der Waals surface area contributed by atoms with Crippen molar-refractivity contribution in [1.82, 2.24) is 29.5 Å². The third kappa shape index (κ3) is 5.38. The van der Waals surface area contributed by atoms with Crippen molar-refractivity contribution in [3.8, 4) is 28.8 Å². The van der Waals surface area contributed by atoms with Crippen molar-refractivity contribution >= 4 is 16.9 Å². The number of hydrogen-bond acceptors (Lipinski definition) is 7. The minimum atomic E-state index is -4.50. The Hall–Kier alpha value is -4.54. The van der Waals surface area contributed by atoms with Gasteiger partial charge in [-0.1, -0.05) is 62.4 Å². The van der Waals surface area contributed by atoms with Crippen molar-refractivity contribution in [3.63, 3.8) is 0 Å². The molecule has 3 heterocycles. The molecular formula is C28H26F3N7O. The van der Waals surface area contributed by atoms with Gasteiger partial charge < -0.3 is 14.6 Å². The Kier molecular flexibility index (Phi) is 6.90. The molecule has 2 aromatic carbocycles. The molecule has 3 aromatic heterocycles. The monoisotopic (exact) mass is 533 g/mol. The topological polar surface area (TPSA) is 90.6 Å². The number of aromatic nitrogens is 6. The molecule has 0 radical (unpaired) electrons. The van der Waals surface area contributed by atoms with E-state index in [0.717, 1.165) is 22.9 Å². The third-order valence-corrected chi connectivity index (χ3v) is 6.26. The Labute approximate surface area is 223 Å². The SMILES string of the molecule is COc1ncc2nc(-c3ccccc3C(C)C)nc(NCc3ccc(-c4nc(C(F)(F)F)cn4C)cc3)c2n1. The maximum absolute atomic E-state index is 13.1. The summed E-state index contributed by atoms with van der Waals surface area (Å²) in [7, 11) is 3.03. The van der Waals surface area contributed by atoms with E-state index < -0.39 is 11.9 Å². The van der Waals surface area contributed by atoms with Crippen molar-refractivity contribution < 1.29 is 17.9 Å².